The maximum atomic E-state index is 11.2. The van der Waals surface area contributed by atoms with Gasteiger partial charge in [0.2, 0.25) is 0 Å². The summed E-state index contributed by atoms with van der Waals surface area (Å²) in [6, 6.07) is 6.01. The van der Waals surface area contributed by atoms with E-state index in [1.54, 1.807) is 21.0 Å². The molecule has 1 aromatic carbocycles. The number of hydrogen-bond acceptors (Lipinski definition) is 2. The molecule has 1 N–H and O–H groups in total. The van der Waals surface area contributed by atoms with Gasteiger partial charge >= 0.3 is 5.97 Å². The summed E-state index contributed by atoms with van der Waals surface area (Å²) < 4.78 is 5.37. The molecule has 3 heteroatoms. The Balaban J connectivity index is 3.07. The highest BCUT2D eigenvalue weighted by atomic mass is 16.5. The second kappa shape index (κ2) is 5.42. The number of carboxylic acid groups (broad SMARTS) is 1. The van der Waals surface area contributed by atoms with Crippen LogP contribution in [0.15, 0.2) is 18.2 Å². The van der Waals surface area contributed by atoms with Gasteiger partial charge in [-0.2, -0.15) is 0 Å². The van der Waals surface area contributed by atoms with Gasteiger partial charge in [0.25, 0.3) is 0 Å². The lowest BCUT2D eigenvalue weighted by Crippen LogP contribution is -2.26. The molecule has 0 spiro atoms. The largest absolute Gasteiger partial charge is 0.496 e. The maximum Gasteiger partial charge on any atom is 0.309 e. The monoisotopic (exact) mass is 250 g/mol. The SMILES string of the molecule is COc1cc(C(C)C)ccc1CC(C)(C)C(=O)O. The van der Waals surface area contributed by atoms with Gasteiger partial charge in [-0.1, -0.05) is 26.0 Å². The predicted octanol–water partition coefficient (Wildman–Crippen LogP) is 3.47. The minimum atomic E-state index is -0.794. The van der Waals surface area contributed by atoms with Crippen LogP contribution < -0.4 is 4.74 Å². The molecule has 0 saturated carbocycles. The average Bonchev–Trinajstić information content (AvgIpc) is 2.28. The predicted molar refractivity (Wildman–Crippen MR) is 72.2 cm³/mol. The van der Waals surface area contributed by atoms with Crippen molar-refractivity contribution in [2.24, 2.45) is 5.41 Å². The Morgan fingerprint density at radius 2 is 2.00 bits per heavy atom. The van der Waals surface area contributed by atoms with Crippen molar-refractivity contribution in [3.8, 4) is 5.75 Å². The highest BCUT2D eigenvalue weighted by molar-refractivity contribution is 5.74. The van der Waals surface area contributed by atoms with Gasteiger partial charge in [-0.15, -0.1) is 0 Å². The van der Waals surface area contributed by atoms with E-state index in [4.69, 9.17) is 9.84 Å². The Labute approximate surface area is 109 Å². The van der Waals surface area contributed by atoms with E-state index in [0.29, 0.717) is 12.3 Å². The summed E-state index contributed by atoms with van der Waals surface area (Å²) in [5.74, 6) is 0.411. The second-order valence-corrected chi connectivity index (χ2v) is 5.59. The van der Waals surface area contributed by atoms with Crippen LogP contribution in [0.3, 0.4) is 0 Å². The first kappa shape index (κ1) is 14.6. The van der Waals surface area contributed by atoms with E-state index >= 15 is 0 Å². The molecule has 1 aromatic rings. The molecule has 3 nitrogen and oxygen atoms in total. The van der Waals surface area contributed by atoms with Crippen molar-refractivity contribution in [2.45, 2.75) is 40.0 Å². The van der Waals surface area contributed by atoms with Crippen molar-refractivity contribution in [3.63, 3.8) is 0 Å². The van der Waals surface area contributed by atoms with Crippen molar-refractivity contribution in [1.29, 1.82) is 0 Å². The zero-order valence-electron chi connectivity index (χ0n) is 11.8. The lowest BCUT2D eigenvalue weighted by molar-refractivity contribution is -0.146. The molecule has 1 rings (SSSR count). The number of hydrogen-bond donors (Lipinski definition) is 1. The number of carbonyl (C=O) groups is 1. The van der Waals surface area contributed by atoms with Crippen molar-refractivity contribution in [1.82, 2.24) is 0 Å². The number of rotatable bonds is 5. The fraction of sp³-hybridized carbons (Fsp3) is 0.533. The normalized spacial score (nSPS) is 11.7. The zero-order chi connectivity index (χ0) is 13.9. The molecule has 0 heterocycles. The number of carboxylic acids is 1. The van der Waals surface area contributed by atoms with Gasteiger partial charge in [0.1, 0.15) is 5.75 Å². The van der Waals surface area contributed by atoms with E-state index in [0.717, 1.165) is 11.3 Å². The molecule has 100 valence electrons. The number of aliphatic carboxylic acids is 1. The molecule has 0 unspecified atom stereocenters. The number of methoxy groups -OCH3 is 1. The first-order valence-electron chi connectivity index (χ1n) is 6.18. The summed E-state index contributed by atoms with van der Waals surface area (Å²) in [5, 5.41) is 9.17. The van der Waals surface area contributed by atoms with Crippen molar-refractivity contribution in [3.05, 3.63) is 29.3 Å². The van der Waals surface area contributed by atoms with Crippen LogP contribution in [-0.2, 0) is 11.2 Å². The standard InChI is InChI=1S/C15H22O3/c1-10(2)11-6-7-12(13(8-11)18-5)9-15(3,4)14(16)17/h6-8,10H,9H2,1-5H3,(H,16,17). The van der Waals surface area contributed by atoms with Crippen LogP contribution in [0.1, 0.15) is 44.7 Å². The third-order valence-electron chi connectivity index (χ3n) is 3.19. The molecule has 0 atom stereocenters. The summed E-state index contributed by atoms with van der Waals surface area (Å²) in [6.07, 6.45) is 0.462. The third kappa shape index (κ3) is 3.25. The molecule has 0 saturated heterocycles. The molecule has 0 aromatic heterocycles. The van der Waals surface area contributed by atoms with Crippen molar-refractivity contribution < 1.29 is 14.6 Å². The first-order chi connectivity index (χ1) is 8.27. The number of benzene rings is 1. The van der Waals surface area contributed by atoms with Crippen LogP contribution in [0, 0.1) is 5.41 Å². The summed E-state index contributed by atoms with van der Waals surface area (Å²) in [6.45, 7) is 7.70. The van der Waals surface area contributed by atoms with Crippen LogP contribution >= 0.6 is 0 Å². The van der Waals surface area contributed by atoms with Gasteiger partial charge in [0.05, 0.1) is 12.5 Å². The van der Waals surface area contributed by atoms with E-state index in [1.165, 1.54) is 5.56 Å². The number of ether oxygens (including phenoxy) is 1. The molecule has 0 aliphatic heterocycles. The lowest BCUT2D eigenvalue weighted by atomic mass is 9.85. The van der Waals surface area contributed by atoms with Crippen LogP contribution in [0.2, 0.25) is 0 Å². The van der Waals surface area contributed by atoms with E-state index in [9.17, 15) is 4.79 Å². The van der Waals surface area contributed by atoms with Crippen LogP contribution in [0.25, 0.3) is 0 Å². The molecule has 0 aliphatic rings. The van der Waals surface area contributed by atoms with Crippen LogP contribution in [0.4, 0.5) is 0 Å². The summed E-state index contributed by atoms with van der Waals surface area (Å²) in [5.41, 5.74) is 1.35. The lowest BCUT2D eigenvalue weighted by Gasteiger charge is -2.21. The van der Waals surface area contributed by atoms with Gasteiger partial charge < -0.3 is 9.84 Å². The fourth-order valence-corrected chi connectivity index (χ4v) is 1.82. The molecule has 0 radical (unpaired) electrons. The van der Waals surface area contributed by atoms with Gasteiger partial charge in [0.15, 0.2) is 0 Å². The molecule has 0 aliphatic carbocycles. The topological polar surface area (TPSA) is 46.5 Å². The Morgan fingerprint density at radius 3 is 2.44 bits per heavy atom. The zero-order valence-corrected chi connectivity index (χ0v) is 11.8. The van der Waals surface area contributed by atoms with E-state index in [-0.39, 0.29) is 0 Å². The molecule has 0 fully saturated rings. The minimum Gasteiger partial charge on any atom is -0.496 e. The molecule has 0 bridgehead atoms. The Kier molecular flexibility index (Phi) is 4.38. The highest BCUT2D eigenvalue weighted by Gasteiger charge is 2.28. The molecular weight excluding hydrogens is 228 g/mol. The first-order valence-corrected chi connectivity index (χ1v) is 6.18. The molecule has 0 amide bonds. The second-order valence-electron chi connectivity index (χ2n) is 5.59. The quantitative estimate of drug-likeness (QED) is 0.870. The summed E-state index contributed by atoms with van der Waals surface area (Å²) >= 11 is 0. The molecular formula is C15H22O3. The van der Waals surface area contributed by atoms with Gasteiger partial charge in [-0.05, 0) is 43.4 Å². The van der Waals surface area contributed by atoms with Gasteiger partial charge in [-0.3, -0.25) is 4.79 Å². The maximum absolute atomic E-state index is 11.2. The Hall–Kier alpha value is -1.51. The smallest absolute Gasteiger partial charge is 0.309 e. The fourth-order valence-electron chi connectivity index (χ4n) is 1.82. The van der Waals surface area contributed by atoms with E-state index in [1.807, 2.05) is 18.2 Å². The Bertz CT molecular complexity index is 433. The van der Waals surface area contributed by atoms with Crippen molar-refractivity contribution in [2.75, 3.05) is 7.11 Å². The highest BCUT2D eigenvalue weighted by Crippen LogP contribution is 2.30. The van der Waals surface area contributed by atoms with Crippen LogP contribution in [-0.4, -0.2) is 18.2 Å². The van der Waals surface area contributed by atoms with Crippen LogP contribution in [0.5, 0.6) is 5.75 Å². The average molecular weight is 250 g/mol. The Morgan fingerprint density at radius 1 is 1.39 bits per heavy atom. The minimum absolute atomic E-state index is 0.431. The van der Waals surface area contributed by atoms with Gasteiger partial charge in [0, 0.05) is 0 Å². The summed E-state index contributed by atoms with van der Waals surface area (Å²) in [7, 11) is 1.62. The van der Waals surface area contributed by atoms with E-state index < -0.39 is 11.4 Å². The summed E-state index contributed by atoms with van der Waals surface area (Å²) in [4.78, 5) is 11.2. The third-order valence-corrected chi connectivity index (χ3v) is 3.19. The van der Waals surface area contributed by atoms with Gasteiger partial charge in [-0.25, -0.2) is 0 Å². The molecule has 18 heavy (non-hydrogen) atoms. The van der Waals surface area contributed by atoms with Crippen molar-refractivity contribution >= 4 is 5.97 Å². The van der Waals surface area contributed by atoms with E-state index in [2.05, 4.69) is 13.8 Å².